The van der Waals surface area contributed by atoms with Gasteiger partial charge in [0.2, 0.25) is 0 Å². The first kappa shape index (κ1) is 20.1. The summed E-state index contributed by atoms with van der Waals surface area (Å²) in [5, 5.41) is 3.11. The molecule has 3 aromatic rings. The quantitative estimate of drug-likeness (QED) is 0.508. The Hall–Kier alpha value is -3.81. The van der Waals surface area contributed by atoms with Crippen molar-refractivity contribution in [2.45, 2.75) is 39.0 Å². The van der Waals surface area contributed by atoms with Crippen molar-refractivity contribution in [1.29, 1.82) is 0 Å². The molecule has 2 aliphatic heterocycles. The molecule has 0 amide bonds. The average molecular weight is 432 g/mol. The number of nitrogens with zero attached hydrogens (tertiary/aromatic N) is 3. The maximum absolute atomic E-state index is 13.6. The first-order valence-electron chi connectivity index (χ1n) is 10.5. The summed E-state index contributed by atoms with van der Waals surface area (Å²) in [7, 11) is 1.83. The highest BCUT2D eigenvalue weighted by Gasteiger charge is 2.43. The Morgan fingerprint density at radius 1 is 1.09 bits per heavy atom. The van der Waals surface area contributed by atoms with Crippen LogP contribution in [0.2, 0.25) is 0 Å². The number of fused-ring (bicyclic) bond motifs is 5. The smallest absolute Gasteiger partial charge is 0.352 e. The van der Waals surface area contributed by atoms with E-state index in [1.54, 1.807) is 24.3 Å². The van der Waals surface area contributed by atoms with E-state index in [4.69, 9.17) is 4.74 Å². The number of carbonyl (C=O) groups excluding carboxylic acids is 1. The Morgan fingerprint density at radius 3 is 2.47 bits per heavy atom. The Kier molecular flexibility index (Phi) is 4.30. The van der Waals surface area contributed by atoms with Gasteiger partial charge in [0.05, 0.1) is 12.2 Å². The molecule has 1 atom stereocenters. The zero-order valence-corrected chi connectivity index (χ0v) is 18.4. The number of Topliss-reactive ketones (excluding diaryl/α,β-unsaturated/α-hetero) is 1. The van der Waals surface area contributed by atoms with Crippen LogP contribution in [0, 0.1) is 0 Å². The van der Waals surface area contributed by atoms with Crippen LogP contribution in [0.15, 0.2) is 63.7 Å². The molecule has 0 spiro atoms. The number of aromatic nitrogens is 3. The van der Waals surface area contributed by atoms with E-state index < -0.39 is 23.0 Å². The van der Waals surface area contributed by atoms with Gasteiger partial charge in [0.25, 0.3) is 0 Å². The van der Waals surface area contributed by atoms with Crippen LogP contribution in [0.3, 0.4) is 0 Å². The van der Waals surface area contributed by atoms with Crippen LogP contribution in [0.4, 0.5) is 5.69 Å². The average Bonchev–Trinajstić information content (AvgIpc) is 3.03. The number of ether oxygens (including phenoxy) is 1. The van der Waals surface area contributed by atoms with Crippen molar-refractivity contribution in [3.63, 3.8) is 0 Å². The molecular formula is C24H24N4O4. The first-order valence-corrected chi connectivity index (χ1v) is 10.5. The van der Waals surface area contributed by atoms with E-state index in [-0.39, 0.29) is 12.3 Å². The van der Waals surface area contributed by atoms with Gasteiger partial charge in [-0.25, -0.2) is 23.5 Å². The number of ketones is 1. The maximum Gasteiger partial charge on any atom is 0.352 e. The van der Waals surface area contributed by atoms with Crippen LogP contribution >= 0.6 is 0 Å². The summed E-state index contributed by atoms with van der Waals surface area (Å²) in [4.78, 5) is 38.5. The summed E-state index contributed by atoms with van der Waals surface area (Å²) in [6.45, 7) is 5.69. The van der Waals surface area contributed by atoms with Gasteiger partial charge in [0.15, 0.2) is 5.78 Å². The highest BCUT2D eigenvalue weighted by atomic mass is 16.5. The fraction of sp³-hybridized carbons (Fsp3) is 0.292. The van der Waals surface area contributed by atoms with Crippen molar-refractivity contribution in [2.24, 2.45) is 0 Å². The van der Waals surface area contributed by atoms with Gasteiger partial charge < -0.3 is 10.1 Å². The molecule has 1 aromatic heterocycles. The molecule has 1 N–H and O–H groups in total. The summed E-state index contributed by atoms with van der Waals surface area (Å²) in [5.74, 6) is 0.600. The highest BCUT2D eigenvalue weighted by Crippen LogP contribution is 2.46. The molecule has 8 nitrogen and oxygen atoms in total. The highest BCUT2D eigenvalue weighted by molar-refractivity contribution is 5.94. The lowest BCUT2D eigenvalue weighted by Gasteiger charge is -2.42. The molecule has 0 aliphatic carbocycles. The Balaban J connectivity index is 1.73. The monoisotopic (exact) mass is 432 g/mol. The van der Waals surface area contributed by atoms with Gasteiger partial charge in [0, 0.05) is 29.9 Å². The van der Waals surface area contributed by atoms with Crippen molar-refractivity contribution in [3.05, 3.63) is 86.2 Å². The predicted octanol–water partition coefficient (Wildman–Crippen LogP) is 2.75. The number of nitrogens with one attached hydrogen (secondary N) is 1. The molecule has 5 rings (SSSR count). The molecular weight excluding hydrogens is 408 g/mol. The van der Waals surface area contributed by atoms with E-state index in [9.17, 15) is 14.4 Å². The molecule has 2 aromatic carbocycles. The molecule has 2 aliphatic rings. The van der Waals surface area contributed by atoms with Gasteiger partial charge in [0.1, 0.15) is 17.4 Å². The zero-order valence-electron chi connectivity index (χ0n) is 18.4. The van der Waals surface area contributed by atoms with Crippen molar-refractivity contribution >= 4 is 11.5 Å². The second-order valence-corrected chi connectivity index (χ2v) is 8.61. The summed E-state index contributed by atoms with van der Waals surface area (Å²) in [6.07, 6.45) is 1.98. The lowest BCUT2D eigenvalue weighted by molar-refractivity contribution is 0.101. The number of benzene rings is 2. The second kappa shape index (κ2) is 6.85. The minimum Gasteiger partial charge on any atom is -0.483 e. The molecule has 0 bridgehead atoms. The molecule has 3 heterocycles. The summed E-state index contributed by atoms with van der Waals surface area (Å²) < 4.78 is 10.4. The number of allylic oxidation sites excluding steroid dienone is 1. The molecule has 1 unspecified atom stereocenters. The zero-order chi connectivity index (χ0) is 22.8. The predicted molar refractivity (Wildman–Crippen MR) is 121 cm³/mol. The topological polar surface area (TPSA) is 87.3 Å². The van der Waals surface area contributed by atoms with E-state index in [2.05, 4.69) is 5.32 Å². The molecule has 164 valence electrons. The van der Waals surface area contributed by atoms with E-state index >= 15 is 0 Å². The van der Waals surface area contributed by atoms with Crippen LogP contribution < -0.4 is 21.4 Å². The third-order valence-corrected chi connectivity index (χ3v) is 6.27. The van der Waals surface area contributed by atoms with E-state index in [0.29, 0.717) is 17.0 Å². The number of hydrogen-bond donors (Lipinski definition) is 1. The number of anilines is 1. The standard InChI is InChI=1S/C24H24N4O4/c1-14(29)15-5-8-17(9-6-15)27-22(30)26-12-11-19-21(28(26)23(27)31)18-10-7-16(25-4)13-20(18)32-24(19,2)3/h5-11,13,21,25H,12H2,1-4H3. The van der Waals surface area contributed by atoms with Gasteiger partial charge in [-0.2, -0.15) is 0 Å². The number of carbonyl (C=O) groups is 1. The number of hydrogen-bond acceptors (Lipinski definition) is 5. The van der Waals surface area contributed by atoms with Crippen LogP contribution in [-0.2, 0) is 6.54 Å². The van der Waals surface area contributed by atoms with Gasteiger partial charge in [-0.1, -0.05) is 12.1 Å². The fourth-order valence-electron chi connectivity index (χ4n) is 4.62. The molecule has 0 fully saturated rings. The minimum atomic E-state index is -0.643. The second-order valence-electron chi connectivity index (χ2n) is 8.61. The van der Waals surface area contributed by atoms with E-state index in [1.165, 1.54) is 16.3 Å². The first-order chi connectivity index (χ1) is 15.2. The van der Waals surface area contributed by atoms with Crippen molar-refractivity contribution < 1.29 is 9.53 Å². The largest absolute Gasteiger partial charge is 0.483 e. The van der Waals surface area contributed by atoms with Crippen LogP contribution in [-0.4, -0.2) is 32.4 Å². The lowest BCUT2D eigenvalue weighted by atomic mass is 9.83. The fourth-order valence-corrected chi connectivity index (χ4v) is 4.62. The summed E-state index contributed by atoms with van der Waals surface area (Å²) in [5.41, 5.74) is 2.13. The number of rotatable bonds is 3. The Labute approximate surface area is 184 Å². The molecule has 0 saturated carbocycles. The molecule has 8 heteroatoms. The lowest BCUT2D eigenvalue weighted by Crippen LogP contribution is -2.46. The van der Waals surface area contributed by atoms with Crippen molar-refractivity contribution in [1.82, 2.24) is 13.9 Å². The van der Waals surface area contributed by atoms with Crippen LogP contribution in [0.25, 0.3) is 5.69 Å². The third kappa shape index (κ3) is 2.79. The summed E-state index contributed by atoms with van der Waals surface area (Å²) >= 11 is 0. The Bertz CT molecular complexity index is 1400. The minimum absolute atomic E-state index is 0.0763. The molecule has 0 saturated heterocycles. The van der Waals surface area contributed by atoms with Crippen molar-refractivity contribution in [2.75, 3.05) is 12.4 Å². The summed E-state index contributed by atoms with van der Waals surface area (Å²) in [6, 6.07) is 11.8. The van der Waals surface area contributed by atoms with Crippen molar-refractivity contribution in [3.8, 4) is 11.4 Å². The van der Waals surface area contributed by atoms with E-state index in [0.717, 1.165) is 21.4 Å². The Morgan fingerprint density at radius 2 is 1.81 bits per heavy atom. The van der Waals surface area contributed by atoms with Gasteiger partial charge in [-0.05, 0) is 56.7 Å². The SMILES string of the molecule is CNc1ccc2c(c1)OC(C)(C)C1=CCn3c(=O)n(-c4ccc(C(C)=O)cc4)c(=O)n3C12. The van der Waals surface area contributed by atoms with Gasteiger partial charge in [-0.3, -0.25) is 4.79 Å². The molecule has 0 radical (unpaired) electrons. The van der Waals surface area contributed by atoms with Crippen LogP contribution in [0.1, 0.15) is 42.7 Å². The maximum atomic E-state index is 13.6. The van der Waals surface area contributed by atoms with E-state index in [1.807, 2.05) is 45.2 Å². The molecule has 32 heavy (non-hydrogen) atoms. The van der Waals surface area contributed by atoms with Gasteiger partial charge >= 0.3 is 11.4 Å². The normalized spacial score (nSPS) is 18.0. The van der Waals surface area contributed by atoms with Gasteiger partial charge in [-0.15, -0.1) is 0 Å². The van der Waals surface area contributed by atoms with Crippen LogP contribution in [0.5, 0.6) is 5.75 Å². The third-order valence-electron chi connectivity index (χ3n) is 6.27.